The molecule has 100 valence electrons. The summed E-state index contributed by atoms with van der Waals surface area (Å²) in [6.45, 7) is 3.63. The van der Waals surface area contributed by atoms with Crippen LogP contribution in [-0.4, -0.2) is 28.3 Å². The molecule has 0 radical (unpaired) electrons. The third kappa shape index (κ3) is 3.32. The molecule has 1 aliphatic rings. The van der Waals surface area contributed by atoms with E-state index in [1.54, 1.807) is 0 Å². The van der Waals surface area contributed by atoms with Gasteiger partial charge in [0.05, 0.1) is 6.20 Å². The molecule has 1 aliphatic heterocycles. The van der Waals surface area contributed by atoms with Gasteiger partial charge in [-0.05, 0) is 26.3 Å². The molecule has 2 rings (SSSR count). The number of piperidine rings is 1. The lowest BCUT2D eigenvalue weighted by molar-refractivity contribution is -0.121. The van der Waals surface area contributed by atoms with Crippen molar-refractivity contribution in [2.45, 2.75) is 45.2 Å². The molecule has 0 bridgehead atoms. The Morgan fingerprint density at radius 2 is 2.44 bits per heavy atom. The zero-order chi connectivity index (χ0) is 13.0. The van der Waals surface area contributed by atoms with Crippen LogP contribution in [-0.2, 0) is 18.4 Å². The normalized spacial score (nSPS) is 19.8. The zero-order valence-corrected chi connectivity index (χ0v) is 11.2. The van der Waals surface area contributed by atoms with E-state index in [2.05, 4.69) is 15.7 Å². The minimum absolute atomic E-state index is 0.123. The summed E-state index contributed by atoms with van der Waals surface area (Å²) in [7, 11) is 1.91. The van der Waals surface area contributed by atoms with Crippen LogP contribution in [0.1, 0.15) is 36.9 Å². The monoisotopic (exact) mass is 250 g/mol. The summed E-state index contributed by atoms with van der Waals surface area (Å²) in [5.41, 5.74) is 2.19. The first-order chi connectivity index (χ1) is 8.66. The van der Waals surface area contributed by atoms with Crippen molar-refractivity contribution in [1.82, 2.24) is 20.4 Å². The van der Waals surface area contributed by atoms with Crippen LogP contribution in [0.25, 0.3) is 0 Å². The van der Waals surface area contributed by atoms with Gasteiger partial charge in [-0.15, -0.1) is 0 Å². The van der Waals surface area contributed by atoms with Gasteiger partial charge in [-0.25, -0.2) is 0 Å². The third-order valence-electron chi connectivity index (χ3n) is 3.66. The smallest absolute Gasteiger partial charge is 0.221 e. The van der Waals surface area contributed by atoms with Crippen LogP contribution >= 0.6 is 0 Å². The van der Waals surface area contributed by atoms with Gasteiger partial charge in [0.2, 0.25) is 5.91 Å². The molecule has 1 amide bonds. The molecule has 5 heteroatoms. The van der Waals surface area contributed by atoms with Crippen LogP contribution in [0.4, 0.5) is 0 Å². The number of rotatable bonds is 4. The largest absolute Gasteiger partial charge is 0.352 e. The molecule has 1 atom stereocenters. The Labute approximate surface area is 108 Å². The number of carbonyl (C=O) groups excluding carboxylic acids is 1. The minimum atomic E-state index is 0.123. The molecular weight excluding hydrogens is 228 g/mol. The first kappa shape index (κ1) is 13.1. The van der Waals surface area contributed by atoms with Crippen LogP contribution in [0.5, 0.6) is 0 Å². The number of aryl methyl sites for hydroxylation is 1. The van der Waals surface area contributed by atoms with Crippen molar-refractivity contribution in [1.29, 1.82) is 0 Å². The number of amides is 1. The molecule has 1 unspecified atom stereocenters. The molecule has 0 aromatic carbocycles. The van der Waals surface area contributed by atoms with Gasteiger partial charge in [-0.1, -0.05) is 6.42 Å². The molecule has 0 aliphatic carbocycles. The zero-order valence-electron chi connectivity index (χ0n) is 11.2. The fraction of sp³-hybridized carbons (Fsp3) is 0.692. The molecule has 1 saturated heterocycles. The quantitative estimate of drug-likeness (QED) is 0.834. The average molecular weight is 250 g/mol. The molecule has 0 spiro atoms. The number of carbonyl (C=O) groups is 1. The number of hydrogen-bond donors (Lipinski definition) is 2. The summed E-state index contributed by atoms with van der Waals surface area (Å²) >= 11 is 0. The van der Waals surface area contributed by atoms with Crippen LogP contribution in [0.15, 0.2) is 6.20 Å². The third-order valence-corrected chi connectivity index (χ3v) is 3.66. The van der Waals surface area contributed by atoms with E-state index < -0.39 is 0 Å². The number of nitrogens with zero attached hydrogens (tertiary/aromatic N) is 2. The molecule has 1 fully saturated rings. The highest BCUT2D eigenvalue weighted by Gasteiger charge is 2.16. The second-order valence-corrected chi connectivity index (χ2v) is 5.01. The maximum Gasteiger partial charge on any atom is 0.221 e. The molecule has 5 nitrogen and oxygen atoms in total. The highest BCUT2D eigenvalue weighted by atomic mass is 16.1. The predicted molar refractivity (Wildman–Crippen MR) is 70.1 cm³/mol. The van der Waals surface area contributed by atoms with E-state index in [4.69, 9.17) is 0 Å². The maximum atomic E-state index is 11.8. The summed E-state index contributed by atoms with van der Waals surface area (Å²) in [5, 5.41) is 10.5. The molecule has 2 heterocycles. The molecule has 1 aromatic heterocycles. The molecule has 18 heavy (non-hydrogen) atoms. The van der Waals surface area contributed by atoms with Gasteiger partial charge in [0.1, 0.15) is 0 Å². The van der Waals surface area contributed by atoms with Crippen LogP contribution < -0.4 is 10.6 Å². The van der Waals surface area contributed by atoms with Crippen molar-refractivity contribution < 1.29 is 4.79 Å². The number of hydrogen-bond acceptors (Lipinski definition) is 3. The maximum absolute atomic E-state index is 11.8. The van der Waals surface area contributed by atoms with Gasteiger partial charge < -0.3 is 10.6 Å². The highest BCUT2D eigenvalue weighted by molar-refractivity contribution is 5.76. The van der Waals surface area contributed by atoms with Gasteiger partial charge in [0, 0.05) is 37.3 Å². The van der Waals surface area contributed by atoms with Crippen molar-refractivity contribution in [3.8, 4) is 0 Å². The van der Waals surface area contributed by atoms with Gasteiger partial charge in [0.15, 0.2) is 0 Å². The van der Waals surface area contributed by atoms with Crippen LogP contribution in [0.2, 0.25) is 0 Å². The van der Waals surface area contributed by atoms with E-state index in [0.717, 1.165) is 24.2 Å². The van der Waals surface area contributed by atoms with Gasteiger partial charge in [0.25, 0.3) is 0 Å². The second kappa shape index (κ2) is 6.00. The SMILES string of the molecule is Cc1c(CNC(=O)CC2CCCCN2)cnn1C. The minimum Gasteiger partial charge on any atom is -0.352 e. The van der Waals surface area contributed by atoms with Gasteiger partial charge >= 0.3 is 0 Å². The fourth-order valence-corrected chi connectivity index (χ4v) is 2.31. The van der Waals surface area contributed by atoms with Crippen LogP contribution in [0.3, 0.4) is 0 Å². The van der Waals surface area contributed by atoms with E-state index in [0.29, 0.717) is 19.0 Å². The van der Waals surface area contributed by atoms with Crippen molar-refractivity contribution in [3.05, 3.63) is 17.5 Å². The lowest BCUT2D eigenvalue weighted by Gasteiger charge is -2.22. The van der Waals surface area contributed by atoms with Crippen molar-refractivity contribution in [2.24, 2.45) is 7.05 Å². The van der Waals surface area contributed by atoms with E-state index in [-0.39, 0.29) is 5.91 Å². The summed E-state index contributed by atoms with van der Waals surface area (Å²) in [6, 6.07) is 0.355. The van der Waals surface area contributed by atoms with Crippen molar-refractivity contribution >= 4 is 5.91 Å². The highest BCUT2D eigenvalue weighted by Crippen LogP contribution is 2.10. The molecule has 0 saturated carbocycles. The van der Waals surface area contributed by atoms with E-state index in [1.165, 1.54) is 12.8 Å². The molecule has 2 N–H and O–H groups in total. The molecular formula is C13H22N4O. The first-order valence-corrected chi connectivity index (χ1v) is 6.64. The Balaban J connectivity index is 1.76. The van der Waals surface area contributed by atoms with E-state index in [9.17, 15) is 4.79 Å². The van der Waals surface area contributed by atoms with E-state index >= 15 is 0 Å². The Hall–Kier alpha value is -1.36. The second-order valence-electron chi connectivity index (χ2n) is 5.01. The molecule has 1 aromatic rings. The van der Waals surface area contributed by atoms with E-state index in [1.807, 2.05) is 24.9 Å². The van der Waals surface area contributed by atoms with Crippen molar-refractivity contribution in [2.75, 3.05) is 6.54 Å². The predicted octanol–water partition coefficient (Wildman–Crippen LogP) is 0.877. The Kier molecular flexibility index (Phi) is 4.36. The average Bonchev–Trinajstić information content (AvgIpc) is 2.69. The summed E-state index contributed by atoms with van der Waals surface area (Å²) in [5.74, 6) is 0.123. The first-order valence-electron chi connectivity index (χ1n) is 6.64. The Morgan fingerprint density at radius 1 is 1.61 bits per heavy atom. The number of aromatic nitrogens is 2. The summed E-state index contributed by atoms with van der Waals surface area (Å²) < 4.78 is 1.82. The topological polar surface area (TPSA) is 59.0 Å². The Bertz CT molecular complexity index is 407. The summed E-state index contributed by atoms with van der Waals surface area (Å²) in [4.78, 5) is 11.8. The standard InChI is InChI=1S/C13H22N4O/c1-10-11(9-16-17(10)2)8-15-13(18)7-12-5-3-4-6-14-12/h9,12,14H,3-8H2,1-2H3,(H,15,18). The van der Waals surface area contributed by atoms with Gasteiger partial charge in [-0.2, -0.15) is 5.10 Å². The summed E-state index contributed by atoms with van der Waals surface area (Å²) in [6.07, 6.45) is 5.97. The van der Waals surface area contributed by atoms with Gasteiger partial charge in [-0.3, -0.25) is 9.48 Å². The lowest BCUT2D eigenvalue weighted by atomic mass is 10.0. The Morgan fingerprint density at radius 3 is 3.06 bits per heavy atom. The number of nitrogens with one attached hydrogen (secondary N) is 2. The lowest BCUT2D eigenvalue weighted by Crippen LogP contribution is -2.38. The van der Waals surface area contributed by atoms with Crippen molar-refractivity contribution in [3.63, 3.8) is 0 Å². The fourth-order valence-electron chi connectivity index (χ4n) is 2.31. The van der Waals surface area contributed by atoms with Crippen LogP contribution in [0, 0.1) is 6.92 Å².